The number of nitrogens with one attached hydrogen (secondary N) is 1. The second-order valence-electron chi connectivity index (χ2n) is 4.13. The fourth-order valence-electron chi connectivity index (χ4n) is 1.63. The van der Waals surface area contributed by atoms with Crippen molar-refractivity contribution in [2.45, 2.75) is 19.6 Å². The first kappa shape index (κ1) is 12.7. The molecule has 0 amide bonds. The van der Waals surface area contributed by atoms with Crippen LogP contribution in [0, 0.1) is 12.7 Å². The van der Waals surface area contributed by atoms with E-state index in [1.54, 1.807) is 12.1 Å². The molecule has 0 aliphatic heterocycles. The van der Waals surface area contributed by atoms with Crippen LogP contribution in [0.5, 0.6) is 0 Å². The molecule has 1 aromatic heterocycles. The molecule has 0 saturated carbocycles. The third kappa shape index (κ3) is 3.38. The molecule has 1 unspecified atom stereocenters. The molecule has 1 aromatic carbocycles. The molecule has 1 atom stereocenters. The van der Waals surface area contributed by atoms with Gasteiger partial charge < -0.3 is 14.9 Å². The number of nitrogens with zero attached hydrogens (tertiary/aromatic N) is 1. The van der Waals surface area contributed by atoms with Crippen LogP contribution in [0.1, 0.15) is 23.1 Å². The van der Waals surface area contributed by atoms with E-state index in [4.69, 9.17) is 4.52 Å². The van der Waals surface area contributed by atoms with Crippen LogP contribution in [0.25, 0.3) is 0 Å². The highest BCUT2D eigenvalue weighted by molar-refractivity contribution is 5.18. The molecule has 2 N–H and O–H groups in total. The third-order valence-electron chi connectivity index (χ3n) is 2.57. The maximum absolute atomic E-state index is 12.7. The molecule has 2 aromatic rings. The summed E-state index contributed by atoms with van der Waals surface area (Å²) in [5, 5.41) is 16.7. The van der Waals surface area contributed by atoms with E-state index in [0.29, 0.717) is 18.7 Å². The van der Waals surface area contributed by atoms with Gasteiger partial charge in [0.1, 0.15) is 5.82 Å². The molecule has 0 fully saturated rings. The predicted molar refractivity (Wildman–Crippen MR) is 64.3 cm³/mol. The molecule has 18 heavy (non-hydrogen) atoms. The Morgan fingerprint density at radius 3 is 2.72 bits per heavy atom. The molecular formula is C13H15FN2O2. The summed E-state index contributed by atoms with van der Waals surface area (Å²) in [4.78, 5) is 0. The van der Waals surface area contributed by atoms with Gasteiger partial charge in [-0.25, -0.2) is 4.39 Å². The third-order valence-corrected chi connectivity index (χ3v) is 2.57. The smallest absolute Gasteiger partial charge is 0.150 e. The summed E-state index contributed by atoms with van der Waals surface area (Å²) in [6, 6.07) is 7.63. The van der Waals surface area contributed by atoms with Crippen molar-refractivity contribution < 1.29 is 14.0 Å². The first-order chi connectivity index (χ1) is 8.65. The lowest BCUT2D eigenvalue weighted by atomic mass is 10.1. The van der Waals surface area contributed by atoms with Crippen molar-refractivity contribution >= 4 is 0 Å². The van der Waals surface area contributed by atoms with E-state index < -0.39 is 6.10 Å². The first-order valence-electron chi connectivity index (χ1n) is 5.71. The average Bonchev–Trinajstić information content (AvgIpc) is 2.76. The number of rotatable bonds is 5. The monoisotopic (exact) mass is 250 g/mol. The first-order valence-corrected chi connectivity index (χ1v) is 5.71. The molecule has 2 rings (SSSR count). The fourth-order valence-corrected chi connectivity index (χ4v) is 1.63. The Balaban J connectivity index is 1.81. The molecular weight excluding hydrogens is 235 g/mol. The van der Waals surface area contributed by atoms with Crippen molar-refractivity contribution in [3.8, 4) is 0 Å². The highest BCUT2D eigenvalue weighted by Crippen LogP contribution is 2.12. The van der Waals surface area contributed by atoms with Gasteiger partial charge in [0, 0.05) is 12.6 Å². The van der Waals surface area contributed by atoms with Gasteiger partial charge in [-0.2, -0.15) is 0 Å². The average molecular weight is 250 g/mol. The van der Waals surface area contributed by atoms with Gasteiger partial charge in [-0.1, -0.05) is 17.3 Å². The van der Waals surface area contributed by atoms with Crippen LogP contribution in [0.15, 0.2) is 34.9 Å². The molecule has 0 bridgehead atoms. The van der Waals surface area contributed by atoms with Crippen LogP contribution < -0.4 is 5.32 Å². The zero-order valence-corrected chi connectivity index (χ0v) is 10.1. The van der Waals surface area contributed by atoms with Crippen LogP contribution in [0.2, 0.25) is 0 Å². The van der Waals surface area contributed by atoms with Crippen molar-refractivity contribution in [2.75, 3.05) is 6.54 Å². The second-order valence-corrected chi connectivity index (χ2v) is 4.13. The Morgan fingerprint density at radius 2 is 2.11 bits per heavy atom. The van der Waals surface area contributed by atoms with Gasteiger partial charge >= 0.3 is 0 Å². The fraction of sp³-hybridized carbons (Fsp3) is 0.308. The van der Waals surface area contributed by atoms with Crippen LogP contribution in [-0.2, 0) is 6.54 Å². The van der Waals surface area contributed by atoms with E-state index in [1.165, 1.54) is 12.1 Å². The summed E-state index contributed by atoms with van der Waals surface area (Å²) in [5.41, 5.74) is 1.50. The zero-order valence-electron chi connectivity index (χ0n) is 10.1. The summed E-state index contributed by atoms with van der Waals surface area (Å²) < 4.78 is 17.7. The highest BCUT2D eigenvalue weighted by atomic mass is 19.1. The number of hydrogen-bond acceptors (Lipinski definition) is 4. The number of hydrogen-bond donors (Lipinski definition) is 2. The van der Waals surface area contributed by atoms with Crippen molar-refractivity contribution in [2.24, 2.45) is 0 Å². The molecule has 5 heteroatoms. The molecule has 0 radical (unpaired) electrons. The van der Waals surface area contributed by atoms with E-state index in [1.807, 2.05) is 13.0 Å². The van der Waals surface area contributed by atoms with Gasteiger partial charge in [-0.05, 0) is 24.6 Å². The minimum atomic E-state index is -0.672. The molecule has 96 valence electrons. The van der Waals surface area contributed by atoms with Crippen LogP contribution in [0.4, 0.5) is 4.39 Å². The Morgan fingerprint density at radius 1 is 1.39 bits per heavy atom. The lowest BCUT2D eigenvalue weighted by Gasteiger charge is -2.11. The lowest BCUT2D eigenvalue weighted by Crippen LogP contribution is -2.20. The number of halogens is 1. The minimum Gasteiger partial charge on any atom is -0.387 e. The van der Waals surface area contributed by atoms with Gasteiger partial charge in [0.15, 0.2) is 5.76 Å². The Kier molecular flexibility index (Phi) is 4.07. The van der Waals surface area contributed by atoms with Gasteiger partial charge in [0.25, 0.3) is 0 Å². The van der Waals surface area contributed by atoms with Crippen LogP contribution >= 0.6 is 0 Å². The minimum absolute atomic E-state index is 0.309. The molecule has 1 heterocycles. The van der Waals surface area contributed by atoms with E-state index in [2.05, 4.69) is 10.5 Å². The predicted octanol–water partition coefficient (Wildman–Crippen LogP) is 1.95. The van der Waals surface area contributed by atoms with Crippen molar-refractivity contribution in [1.29, 1.82) is 0 Å². The van der Waals surface area contributed by atoms with Crippen LogP contribution in [0.3, 0.4) is 0 Å². The molecule has 0 aliphatic rings. The zero-order chi connectivity index (χ0) is 13.0. The molecule has 0 aliphatic carbocycles. The topological polar surface area (TPSA) is 58.3 Å². The maximum Gasteiger partial charge on any atom is 0.150 e. The Hall–Kier alpha value is -1.72. The quantitative estimate of drug-likeness (QED) is 0.851. The van der Waals surface area contributed by atoms with Crippen LogP contribution in [-0.4, -0.2) is 16.8 Å². The Bertz CT molecular complexity index is 496. The number of aromatic nitrogens is 1. The molecule has 0 spiro atoms. The summed E-state index contributed by atoms with van der Waals surface area (Å²) in [6.07, 6.45) is -0.672. The van der Waals surface area contributed by atoms with Gasteiger partial charge in [0.2, 0.25) is 0 Å². The van der Waals surface area contributed by atoms with E-state index in [9.17, 15) is 9.50 Å². The normalized spacial score (nSPS) is 12.6. The molecule has 4 nitrogen and oxygen atoms in total. The number of aliphatic hydroxyl groups is 1. The summed E-state index contributed by atoms with van der Waals surface area (Å²) in [5.74, 6) is 0.412. The van der Waals surface area contributed by atoms with Gasteiger partial charge in [-0.15, -0.1) is 0 Å². The van der Waals surface area contributed by atoms with Gasteiger partial charge in [0.05, 0.1) is 18.3 Å². The summed E-state index contributed by atoms with van der Waals surface area (Å²) in [7, 11) is 0. The van der Waals surface area contributed by atoms with E-state index >= 15 is 0 Å². The number of benzene rings is 1. The number of aliphatic hydroxyl groups excluding tert-OH is 1. The maximum atomic E-state index is 12.7. The summed E-state index contributed by atoms with van der Waals surface area (Å²) in [6.45, 7) is 2.71. The standard InChI is InChI=1S/C13H15FN2O2/c1-9-6-12(18-16-9)7-15-8-13(17)10-2-4-11(14)5-3-10/h2-6,13,15,17H,7-8H2,1H3. The molecule has 0 saturated heterocycles. The Labute approximate surface area is 104 Å². The number of aryl methyl sites for hydroxylation is 1. The largest absolute Gasteiger partial charge is 0.387 e. The van der Waals surface area contributed by atoms with Crippen molar-refractivity contribution in [1.82, 2.24) is 10.5 Å². The SMILES string of the molecule is Cc1cc(CNCC(O)c2ccc(F)cc2)on1. The van der Waals surface area contributed by atoms with E-state index in [-0.39, 0.29) is 5.82 Å². The second kappa shape index (κ2) is 5.75. The summed E-state index contributed by atoms with van der Waals surface area (Å²) >= 11 is 0. The van der Waals surface area contributed by atoms with Gasteiger partial charge in [-0.3, -0.25) is 0 Å². The van der Waals surface area contributed by atoms with Crippen molar-refractivity contribution in [3.05, 3.63) is 53.2 Å². The van der Waals surface area contributed by atoms with Crippen molar-refractivity contribution in [3.63, 3.8) is 0 Å². The lowest BCUT2D eigenvalue weighted by molar-refractivity contribution is 0.173. The highest BCUT2D eigenvalue weighted by Gasteiger charge is 2.08. The van der Waals surface area contributed by atoms with E-state index in [0.717, 1.165) is 11.5 Å².